The van der Waals surface area contributed by atoms with Gasteiger partial charge in [-0.2, -0.15) is 0 Å². The lowest BCUT2D eigenvalue weighted by molar-refractivity contribution is -0.122. The summed E-state index contributed by atoms with van der Waals surface area (Å²) in [7, 11) is 0. The Morgan fingerprint density at radius 2 is 1.93 bits per heavy atom. The van der Waals surface area contributed by atoms with Gasteiger partial charge in [-0.1, -0.05) is 29.8 Å². The van der Waals surface area contributed by atoms with Crippen LogP contribution in [0.25, 0.3) is 0 Å². The second-order valence-electron chi connectivity index (χ2n) is 6.69. The van der Waals surface area contributed by atoms with E-state index in [0.29, 0.717) is 17.1 Å². The average molecular weight is 406 g/mol. The van der Waals surface area contributed by atoms with Crippen molar-refractivity contribution in [2.24, 2.45) is 0 Å². The molecule has 1 fully saturated rings. The van der Waals surface area contributed by atoms with Crippen molar-refractivity contribution in [1.82, 2.24) is 15.5 Å². The Bertz CT molecular complexity index is 775. The highest BCUT2D eigenvalue weighted by Crippen LogP contribution is 2.27. The van der Waals surface area contributed by atoms with Crippen LogP contribution in [0.1, 0.15) is 41.0 Å². The molecule has 2 N–H and O–H groups in total. The number of carbonyl (C=O) groups excluding carboxylic acids is 2. The molecular formula is C20H24ClN3O2S. The van der Waals surface area contributed by atoms with Gasteiger partial charge < -0.3 is 10.6 Å². The van der Waals surface area contributed by atoms with Crippen LogP contribution in [0.3, 0.4) is 0 Å². The number of thiophene rings is 1. The Labute approximate surface area is 168 Å². The molecule has 1 aliphatic heterocycles. The number of nitrogens with one attached hydrogen (secondary N) is 2. The third kappa shape index (κ3) is 5.09. The summed E-state index contributed by atoms with van der Waals surface area (Å²) < 4.78 is 0. The molecule has 7 heteroatoms. The monoisotopic (exact) mass is 405 g/mol. The van der Waals surface area contributed by atoms with Crippen LogP contribution in [0, 0.1) is 0 Å². The van der Waals surface area contributed by atoms with Crippen molar-refractivity contribution in [1.29, 1.82) is 0 Å². The molecule has 2 aromatic rings. The molecule has 0 aliphatic carbocycles. The summed E-state index contributed by atoms with van der Waals surface area (Å²) in [4.78, 5) is 28.5. The highest BCUT2D eigenvalue weighted by Gasteiger charge is 2.26. The largest absolute Gasteiger partial charge is 0.352 e. The summed E-state index contributed by atoms with van der Waals surface area (Å²) in [5, 5.41) is 8.15. The Balaban J connectivity index is 1.57. The van der Waals surface area contributed by atoms with Gasteiger partial charge in [0.25, 0.3) is 5.91 Å². The molecule has 1 saturated heterocycles. The maximum absolute atomic E-state index is 12.5. The zero-order valence-electron chi connectivity index (χ0n) is 15.3. The molecule has 0 radical (unpaired) electrons. The summed E-state index contributed by atoms with van der Waals surface area (Å²) in [5.41, 5.74) is 0.368. The molecule has 1 aliphatic rings. The zero-order valence-corrected chi connectivity index (χ0v) is 16.9. The topological polar surface area (TPSA) is 61.4 Å². The van der Waals surface area contributed by atoms with E-state index in [9.17, 15) is 9.59 Å². The molecule has 3 rings (SSSR count). The number of hydrogen-bond acceptors (Lipinski definition) is 4. The fourth-order valence-electron chi connectivity index (χ4n) is 3.28. The predicted octanol–water partition coefficient (Wildman–Crippen LogP) is 3.47. The average Bonchev–Trinajstić information content (AvgIpc) is 3.36. The molecule has 144 valence electrons. The normalized spacial score (nSPS) is 16.7. The lowest BCUT2D eigenvalue weighted by Crippen LogP contribution is -2.47. The third-order valence-electron chi connectivity index (χ3n) is 4.78. The van der Waals surface area contributed by atoms with E-state index >= 15 is 0 Å². The van der Waals surface area contributed by atoms with E-state index in [4.69, 9.17) is 11.6 Å². The zero-order chi connectivity index (χ0) is 19.2. The number of rotatable bonds is 7. The van der Waals surface area contributed by atoms with Gasteiger partial charge in [-0.25, -0.2) is 0 Å². The van der Waals surface area contributed by atoms with Crippen molar-refractivity contribution in [3.63, 3.8) is 0 Å². The second kappa shape index (κ2) is 9.35. The molecule has 2 unspecified atom stereocenters. The molecule has 27 heavy (non-hydrogen) atoms. The van der Waals surface area contributed by atoms with Crippen LogP contribution < -0.4 is 10.6 Å². The van der Waals surface area contributed by atoms with E-state index in [1.165, 1.54) is 17.7 Å². The summed E-state index contributed by atoms with van der Waals surface area (Å²) in [6.45, 7) is 4.32. The van der Waals surface area contributed by atoms with Crippen molar-refractivity contribution in [3.8, 4) is 0 Å². The highest BCUT2D eigenvalue weighted by molar-refractivity contribution is 7.10. The van der Waals surface area contributed by atoms with Gasteiger partial charge in [-0.15, -0.1) is 11.3 Å². The molecule has 2 heterocycles. The highest BCUT2D eigenvalue weighted by atomic mass is 35.5. The van der Waals surface area contributed by atoms with E-state index < -0.39 is 6.04 Å². The minimum absolute atomic E-state index is 0.183. The lowest BCUT2D eigenvalue weighted by atomic mass is 10.2. The number of nitrogens with zero attached hydrogens (tertiary/aromatic N) is 1. The van der Waals surface area contributed by atoms with Crippen LogP contribution in [0.15, 0.2) is 41.8 Å². The first-order chi connectivity index (χ1) is 13.1. The fraction of sp³-hybridized carbons (Fsp3) is 0.400. The molecular weight excluding hydrogens is 382 g/mol. The predicted molar refractivity (Wildman–Crippen MR) is 109 cm³/mol. The van der Waals surface area contributed by atoms with Crippen molar-refractivity contribution < 1.29 is 9.59 Å². The minimum Gasteiger partial charge on any atom is -0.352 e. The van der Waals surface area contributed by atoms with Gasteiger partial charge in [0.15, 0.2) is 0 Å². The molecule has 1 aromatic carbocycles. The number of hydrogen-bond donors (Lipinski definition) is 2. The van der Waals surface area contributed by atoms with Crippen molar-refractivity contribution in [3.05, 3.63) is 57.2 Å². The quantitative estimate of drug-likeness (QED) is 0.741. The number of benzene rings is 1. The maximum Gasteiger partial charge on any atom is 0.253 e. The molecule has 5 nitrogen and oxygen atoms in total. The SMILES string of the molecule is CC(NC(=O)c1ccccc1Cl)C(=O)NCC(c1cccs1)N1CCCC1. The van der Waals surface area contributed by atoms with E-state index in [2.05, 4.69) is 27.0 Å². The maximum atomic E-state index is 12.5. The second-order valence-corrected chi connectivity index (χ2v) is 8.08. The van der Waals surface area contributed by atoms with Crippen LogP contribution >= 0.6 is 22.9 Å². The van der Waals surface area contributed by atoms with E-state index in [0.717, 1.165) is 13.1 Å². The van der Waals surface area contributed by atoms with E-state index in [1.54, 1.807) is 42.5 Å². The minimum atomic E-state index is -0.642. The smallest absolute Gasteiger partial charge is 0.253 e. The Morgan fingerprint density at radius 1 is 1.19 bits per heavy atom. The van der Waals surface area contributed by atoms with Crippen molar-refractivity contribution in [2.45, 2.75) is 31.8 Å². The number of amides is 2. The van der Waals surface area contributed by atoms with Crippen LogP contribution in [-0.4, -0.2) is 42.4 Å². The Morgan fingerprint density at radius 3 is 2.59 bits per heavy atom. The molecule has 0 bridgehead atoms. The summed E-state index contributed by atoms with van der Waals surface area (Å²) in [5.74, 6) is -0.547. The van der Waals surface area contributed by atoms with Crippen LogP contribution in [0.4, 0.5) is 0 Å². The van der Waals surface area contributed by atoms with Crippen molar-refractivity contribution in [2.75, 3.05) is 19.6 Å². The third-order valence-corrected chi connectivity index (χ3v) is 6.09. The first-order valence-corrected chi connectivity index (χ1v) is 10.4. The summed E-state index contributed by atoms with van der Waals surface area (Å²) >= 11 is 7.76. The first kappa shape index (κ1) is 19.9. The summed E-state index contributed by atoms with van der Waals surface area (Å²) in [6.07, 6.45) is 2.39. The van der Waals surface area contributed by atoms with Gasteiger partial charge in [-0.3, -0.25) is 14.5 Å². The molecule has 1 aromatic heterocycles. The Kier molecular flexibility index (Phi) is 6.88. The molecule has 0 saturated carbocycles. The van der Waals surface area contributed by atoms with E-state index in [1.807, 2.05) is 6.07 Å². The summed E-state index contributed by atoms with van der Waals surface area (Å²) in [6, 6.07) is 10.5. The molecule has 0 spiro atoms. The fourth-order valence-corrected chi connectivity index (χ4v) is 4.36. The number of carbonyl (C=O) groups is 2. The lowest BCUT2D eigenvalue weighted by Gasteiger charge is -2.27. The Hall–Kier alpha value is -1.89. The van der Waals surface area contributed by atoms with Gasteiger partial charge in [0, 0.05) is 11.4 Å². The number of halogens is 1. The molecule has 2 atom stereocenters. The van der Waals surface area contributed by atoms with Gasteiger partial charge in [-0.05, 0) is 56.4 Å². The van der Waals surface area contributed by atoms with Gasteiger partial charge in [0.05, 0.1) is 16.6 Å². The molecule has 2 amide bonds. The van der Waals surface area contributed by atoms with Gasteiger partial charge in [0.2, 0.25) is 5.91 Å². The van der Waals surface area contributed by atoms with E-state index in [-0.39, 0.29) is 17.9 Å². The van der Waals surface area contributed by atoms with Crippen LogP contribution in [-0.2, 0) is 4.79 Å². The first-order valence-electron chi connectivity index (χ1n) is 9.17. The van der Waals surface area contributed by atoms with Gasteiger partial charge >= 0.3 is 0 Å². The number of likely N-dealkylation sites (tertiary alicyclic amines) is 1. The standard InChI is InChI=1S/C20H24ClN3O2S/c1-14(23-20(26)15-7-2-3-8-16(15)21)19(25)22-13-17(18-9-6-12-27-18)24-10-4-5-11-24/h2-3,6-9,12,14,17H,4-5,10-11,13H2,1H3,(H,22,25)(H,23,26). The van der Waals surface area contributed by atoms with Crippen LogP contribution in [0.2, 0.25) is 5.02 Å². The van der Waals surface area contributed by atoms with Crippen molar-refractivity contribution >= 4 is 34.8 Å². The van der Waals surface area contributed by atoms with Gasteiger partial charge in [0.1, 0.15) is 6.04 Å². The van der Waals surface area contributed by atoms with Crippen LogP contribution in [0.5, 0.6) is 0 Å².